The van der Waals surface area contributed by atoms with Crippen LogP contribution in [0, 0.1) is 0 Å². The standard InChI is InChI=1S/C13H18O5/c1-4-17-11-7-9(12(14)13(15)16)5-6-10(11)18-8(2)3/h5-8,12,14H,4H2,1-3H3,(H,15,16). The highest BCUT2D eigenvalue weighted by atomic mass is 16.5. The molecule has 0 saturated heterocycles. The second-order valence-corrected chi connectivity index (χ2v) is 4.05. The van der Waals surface area contributed by atoms with Gasteiger partial charge in [-0.2, -0.15) is 0 Å². The van der Waals surface area contributed by atoms with Gasteiger partial charge in [-0.1, -0.05) is 6.07 Å². The van der Waals surface area contributed by atoms with Crippen LogP contribution in [0.5, 0.6) is 11.5 Å². The lowest BCUT2D eigenvalue weighted by molar-refractivity contribution is -0.146. The zero-order chi connectivity index (χ0) is 13.7. The van der Waals surface area contributed by atoms with E-state index in [9.17, 15) is 9.90 Å². The van der Waals surface area contributed by atoms with E-state index < -0.39 is 12.1 Å². The zero-order valence-corrected chi connectivity index (χ0v) is 10.7. The molecule has 1 rings (SSSR count). The van der Waals surface area contributed by atoms with E-state index in [1.165, 1.54) is 12.1 Å². The molecule has 0 aliphatic heterocycles. The number of aliphatic hydroxyl groups excluding tert-OH is 1. The van der Waals surface area contributed by atoms with E-state index in [1.54, 1.807) is 6.07 Å². The van der Waals surface area contributed by atoms with Gasteiger partial charge in [-0.15, -0.1) is 0 Å². The molecule has 0 aliphatic rings. The Morgan fingerprint density at radius 1 is 1.33 bits per heavy atom. The van der Waals surface area contributed by atoms with Crippen molar-refractivity contribution in [1.29, 1.82) is 0 Å². The normalized spacial score (nSPS) is 12.3. The second kappa shape index (κ2) is 6.26. The van der Waals surface area contributed by atoms with Gasteiger partial charge in [0.1, 0.15) is 0 Å². The van der Waals surface area contributed by atoms with Crippen LogP contribution < -0.4 is 9.47 Å². The summed E-state index contributed by atoms with van der Waals surface area (Å²) >= 11 is 0. The number of hydrogen-bond acceptors (Lipinski definition) is 4. The SMILES string of the molecule is CCOc1cc(C(O)C(=O)O)ccc1OC(C)C. The Labute approximate surface area is 106 Å². The number of aliphatic hydroxyl groups is 1. The third-order valence-corrected chi connectivity index (χ3v) is 2.18. The highest BCUT2D eigenvalue weighted by Crippen LogP contribution is 2.31. The van der Waals surface area contributed by atoms with E-state index >= 15 is 0 Å². The monoisotopic (exact) mass is 254 g/mol. The molecule has 0 amide bonds. The minimum absolute atomic E-state index is 0.0144. The summed E-state index contributed by atoms with van der Waals surface area (Å²) in [5.41, 5.74) is 0.266. The van der Waals surface area contributed by atoms with E-state index in [0.29, 0.717) is 18.1 Å². The minimum Gasteiger partial charge on any atom is -0.490 e. The fraction of sp³-hybridized carbons (Fsp3) is 0.462. The summed E-state index contributed by atoms with van der Waals surface area (Å²) in [6.07, 6.45) is -1.57. The van der Waals surface area contributed by atoms with E-state index in [4.69, 9.17) is 14.6 Å². The molecule has 0 radical (unpaired) electrons. The Kier molecular flexibility index (Phi) is 4.97. The number of aliphatic carboxylic acids is 1. The number of benzene rings is 1. The Hall–Kier alpha value is -1.75. The second-order valence-electron chi connectivity index (χ2n) is 4.05. The predicted molar refractivity (Wildman–Crippen MR) is 66.0 cm³/mol. The molecule has 2 N–H and O–H groups in total. The largest absolute Gasteiger partial charge is 0.490 e. The Bertz CT molecular complexity index is 414. The Balaban J connectivity index is 3.05. The van der Waals surface area contributed by atoms with Crippen LogP contribution >= 0.6 is 0 Å². The molecule has 1 aromatic rings. The molecule has 0 aliphatic carbocycles. The van der Waals surface area contributed by atoms with E-state index in [-0.39, 0.29) is 11.7 Å². The summed E-state index contributed by atoms with van der Waals surface area (Å²) in [6, 6.07) is 4.60. The lowest BCUT2D eigenvalue weighted by Crippen LogP contribution is -2.12. The summed E-state index contributed by atoms with van der Waals surface area (Å²) in [5, 5.41) is 18.2. The van der Waals surface area contributed by atoms with Gasteiger partial charge in [-0.25, -0.2) is 4.79 Å². The van der Waals surface area contributed by atoms with Crippen molar-refractivity contribution in [3.63, 3.8) is 0 Å². The minimum atomic E-state index is -1.56. The van der Waals surface area contributed by atoms with Gasteiger partial charge in [0.05, 0.1) is 12.7 Å². The maximum absolute atomic E-state index is 10.7. The lowest BCUT2D eigenvalue weighted by atomic mass is 10.1. The smallest absolute Gasteiger partial charge is 0.337 e. The number of ether oxygens (including phenoxy) is 2. The molecular weight excluding hydrogens is 236 g/mol. The highest BCUT2D eigenvalue weighted by Gasteiger charge is 2.18. The first-order valence-electron chi connectivity index (χ1n) is 5.80. The van der Waals surface area contributed by atoms with Gasteiger partial charge in [0.15, 0.2) is 17.6 Å². The summed E-state index contributed by atoms with van der Waals surface area (Å²) in [5.74, 6) is -0.327. The number of carboxylic acid groups (broad SMARTS) is 1. The average molecular weight is 254 g/mol. The summed E-state index contributed by atoms with van der Waals surface area (Å²) < 4.78 is 10.9. The van der Waals surface area contributed by atoms with Crippen molar-refractivity contribution in [2.24, 2.45) is 0 Å². The van der Waals surface area contributed by atoms with Gasteiger partial charge in [0.2, 0.25) is 0 Å². The molecule has 0 bridgehead atoms. The molecule has 5 nitrogen and oxygen atoms in total. The summed E-state index contributed by atoms with van der Waals surface area (Å²) in [4.78, 5) is 10.7. The molecule has 1 aromatic carbocycles. The van der Waals surface area contributed by atoms with Crippen molar-refractivity contribution in [2.45, 2.75) is 33.0 Å². The van der Waals surface area contributed by atoms with Crippen molar-refractivity contribution in [2.75, 3.05) is 6.61 Å². The molecule has 1 unspecified atom stereocenters. The molecule has 0 saturated carbocycles. The quantitative estimate of drug-likeness (QED) is 0.812. The third kappa shape index (κ3) is 3.63. The van der Waals surface area contributed by atoms with Gasteiger partial charge >= 0.3 is 5.97 Å². The van der Waals surface area contributed by atoms with Crippen LogP contribution in [0.25, 0.3) is 0 Å². The van der Waals surface area contributed by atoms with Crippen LogP contribution in [-0.4, -0.2) is 28.9 Å². The molecule has 0 aromatic heterocycles. The number of rotatable bonds is 6. The van der Waals surface area contributed by atoms with Crippen LogP contribution in [-0.2, 0) is 4.79 Å². The van der Waals surface area contributed by atoms with Crippen molar-refractivity contribution in [1.82, 2.24) is 0 Å². The molecular formula is C13H18O5. The predicted octanol–water partition coefficient (Wildman–Crippen LogP) is 1.99. The van der Waals surface area contributed by atoms with Crippen LogP contribution in [0.15, 0.2) is 18.2 Å². The maximum atomic E-state index is 10.7. The first-order valence-corrected chi connectivity index (χ1v) is 5.80. The topological polar surface area (TPSA) is 76.0 Å². The summed E-state index contributed by atoms with van der Waals surface area (Å²) in [7, 11) is 0. The molecule has 100 valence electrons. The lowest BCUT2D eigenvalue weighted by Gasteiger charge is -2.16. The van der Waals surface area contributed by atoms with Crippen molar-refractivity contribution in [3.05, 3.63) is 23.8 Å². The number of carbonyl (C=O) groups is 1. The maximum Gasteiger partial charge on any atom is 0.337 e. The molecule has 0 heterocycles. The van der Waals surface area contributed by atoms with Crippen molar-refractivity contribution < 1.29 is 24.5 Å². The third-order valence-electron chi connectivity index (χ3n) is 2.18. The first kappa shape index (κ1) is 14.3. The summed E-state index contributed by atoms with van der Waals surface area (Å²) in [6.45, 7) is 6.02. The fourth-order valence-corrected chi connectivity index (χ4v) is 1.46. The molecule has 0 spiro atoms. The Morgan fingerprint density at radius 3 is 2.50 bits per heavy atom. The van der Waals surface area contributed by atoms with E-state index in [1.807, 2.05) is 20.8 Å². The molecule has 18 heavy (non-hydrogen) atoms. The molecule has 5 heteroatoms. The highest BCUT2D eigenvalue weighted by molar-refractivity contribution is 5.74. The van der Waals surface area contributed by atoms with E-state index in [2.05, 4.69) is 0 Å². The van der Waals surface area contributed by atoms with Gasteiger partial charge in [-0.3, -0.25) is 0 Å². The molecule has 1 atom stereocenters. The Morgan fingerprint density at radius 2 is 2.00 bits per heavy atom. The van der Waals surface area contributed by atoms with Crippen LogP contribution in [0.1, 0.15) is 32.4 Å². The number of hydrogen-bond donors (Lipinski definition) is 2. The van der Waals surface area contributed by atoms with Gasteiger partial charge in [-0.05, 0) is 38.5 Å². The van der Waals surface area contributed by atoms with Gasteiger partial charge in [0.25, 0.3) is 0 Å². The first-order chi connectivity index (χ1) is 8.45. The van der Waals surface area contributed by atoms with Crippen LogP contribution in [0.2, 0.25) is 0 Å². The van der Waals surface area contributed by atoms with Gasteiger partial charge in [0, 0.05) is 0 Å². The average Bonchev–Trinajstić information content (AvgIpc) is 2.30. The molecule has 0 fully saturated rings. The van der Waals surface area contributed by atoms with Crippen molar-refractivity contribution in [3.8, 4) is 11.5 Å². The van der Waals surface area contributed by atoms with Crippen LogP contribution in [0.4, 0.5) is 0 Å². The number of carboxylic acids is 1. The van der Waals surface area contributed by atoms with E-state index in [0.717, 1.165) is 0 Å². The van der Waals surface area contributed by atoms with Crippen LogP contribution in [0.3, 0.4) is 0 Å². The van der Waals surface area contributed by atoms with Crippen molar-refractivity contribution >= 4 is 5.97 Å². The fourth-order valence-electron chi connectivity index (χ4n) is 1.46. The van der Waals surface area contributed by atoms with Gasteiger partial charge < -0.3 is 19.7 Å². The zero-order valence-electron chi connectivity index (χ0n) is 10.7.